The number of fused-ring (bicyclic) bond motifs is 1. The molecule has 4 rings (SSSR count). The first-order valence-corrected chi connectivity index (χ1v) is 13.2. The zero-order chi connectivity index (χ0) is 25.4. The molecule has 35 heavy (non-hydrogen) atoms. The topological polar surface area (TPSA) is 107 Å². The van der Waals surface area contributed by atoms with Crippen LogP contribution in [0.25, 0.3) is 0 Å². The summed E-state index contributed by atoms with van der Waals surface area (Å²) in [4.78, 5) is 41.8. The van der Waals surface area contributed by atoms with Gasteiger partial charge in [-0.15, -0.1) is 0 Å². The molecular formula is C25H30N4O5S. The van der Waals surface area contributed by atoms with Crippen molar-refractivity contribution in [1.29, 1.82) is 0 Å². The molecule has 0 aliphatic carbocycles. The number of nitrogens with one attached hydrogen (secondary N) is 1. The Balaban J connectivity index is 1.56. The van der Waals surface area contributed by atoms with E-state index in [1.54, 1.807) is 57.2 Å². The molecule has 186 valence electrons. The van der Waals surface area contributed by atoms with Crippen molar-refractivity contribution in [3.8, 4) is 0 Å². The van der Waals surface area contributed by atoms with Gasteiger partial charge in [0.15, 0.2) is 0 Å². The van der Waals surface area contributed by atoms with Gasteiger partial charge < -0.3 is 10.2 Å². The van der Waals surface area contributed by atoms with Crippen LogP contribution in [0.4, 0.5) is 10.5 Å². The van der Waals surface area contributed by atoms with E-state index >= 15 is 0 Å². The predicted octanol–water partition coefficient (Wildman–Crippen LogP) is 2.46. The van der Waals surface area contributed by atoms with Crippen molar-refractivity contribution in [2.24, 2.45) is 0 Å². The zero-order valence-corrected chi connectivity index (χ0v) is 21.0. The molecule has 0 aromatic heterocycles. The number of anilines is 1. The average molecular weight is 499 g/mol. The molecule has 2 aliphatic heterocycles. The second-order valence-corrected chi connectivity index (χ2v) is 10.8. The van der Waals surface area contributed by atoms with E-state index in [4.69, 9.17) is 0 Å². The van der Waals surface area contributed by atoms with Gasteiger partial charge >= 0.3 is 6.03 Å². The maximum atomic E-state index is 13.3. The number of aryl methyl sites for hydroxylation is 1. The van der Waals surface area contributed by atoms with Crippen molar-refractivity contribution in [1.82, 2.24) is 14.5 Å². The molecule has 1 unspecified atom stereocenters. The molecule has 1 atom stereocenters. The number of hydrogen-bond acceptors (Lipinski definition) is 5. The molecule has 0 saturated carbocycles. The summed E-state index contributed by atoms with van der Waals surface area (Å²) in [5.41, 5.74) is 0.756. The van der Waals surface area contributed by atoms with Crippen LogP contribution in [-0.2, 0) is 31.6 Å². The number of imide groups is 1. The third-order valence-corrected chi connectivity index (χ3v) is 8.78. The fraction of sp³-hybridized carbons (Fsp3) is 0.400. The number of hydrogen-bond donors (Lipinski definition) is 1. The monoisotopic (exact) mass is 498 g/mol. The zero-order valence-electron chi connectivity index (χ0n) is 20.2. The van der Waals surface area contributed by atoms with Crippen LogP contribution >= 0.6 is 0 Å². The molecule has 2 aromatic carbocycles. The van der Waals surface area contributed by atoms with Gasteiger partial charge in [0.25, 0.3) is 5.91 Å². The van der Waals surface area contributed by atoms with Gasteiger partial charge in [0.2, 0.25) is 15.9 Å². The fourth-order valence-corrected chi connectivity index (χ4v) is 6.24. The van der Waals surface area contributed by atoms with E-state index in [0.29, 0.717) is 43.7 Å². The van der Waals surface area contributed by atoms with Crippen molar-refractivity contribution in [2.75, 3.05) is 31.1 Å². The Labute approximate surface area is 205 Å². The summed E-state index contributed by atoms with van der Waals surface area (Å²) in [5.74, 6) is -0.883. The average Bonchev–Trinajstić information content (AvgIpc) is 3.08. The second kappa shape index (κ2) is 9.43. The quantitative estimate of drug-likeness (QED) is 0.590. The van der Waals surface area contributed by atoms with Gasteiger partial charge in [-0.05, 0) is 49.1 Å². The van der Waals surface area contributed by atoms with Gasteiger partial charge in [0.1, 0.15) is 12.1 Å². The summed E-state index contributed by atoms with van der Waals surface area (Å²) in [6.07, 6.45) is 1.28. The number of nitrogens with zero attached hydrogens (tertiary/aromatic N) is 3. The molecule has 0 radical (unpaired) electrons. The maximum absolute atomic E-state index is 13.3. The Hall–Kier alpha value is -3.24. The Morgan fingerprint density at radius 2 is 1.77 bits per heavy atom. The van der Waals surface area contributed by atoms with E-state index in [9.17, 15) is 22.8 Å². The highest BCUT2D eigenvalue weighted by Gasteiger charge is 2.49. The number of carbonyl (C=O) groups is 3. The number of benzene rings is 2. The smallest absolute Gasteiger partial charge is 0.319 e. The van der Waals surface area contributed by atoms with Crippen molar-refractivity contribution in [2.45, 2.75) is 44.0 Å². The highest BCUT2D eigenvalue weighted by Crippen LogP contribution is 2.32. The normalized spacial score (nSPS) is 20.2. The summed E-state index contributed by atoms with van der Waals surface area (Å²) in [6, 6.07) is 13.1. The van der Waals surface area contributed by atoms with Crippen LogP contribution in [0.3, 0.4) is 0 Å². The highest BCUT2D eigenvalue weighted by molar-refractivity contribution is 7.89. The molecule has 1 fully saturated rings. The Kier molecular flexibility index (Phi) is 6.70. The second-order valence-electron chi connectivity index (χ2n) is 8.84. The Bertz CT molecular complexity index is 1260. The van der Waals surface area contributed by atoms with Gasteiger partial charge in [0.05, 0.1) is 4.90 Å². The molecule has 10 heteroatoms. The molecule has 1 N–H and O–H groups in total. The molecule has 0 bridgehead atoms. The summed E-state index contributed by atoms with van der Waals surface area (Å²) < 4.78 is 27.3. The molecule has 2 heterocycles. The minimum atomic E-state index is -3.62. The fourth-order valence-electron chi connectivity index (χ4n) is 4.73. The Morgan fingerprint density at radius 1 is 1.09 bits per heavy atom. The number of carbonyl (C=O) groups excluding carboxylic acids is 3. The molecular weight excluding hydrogens is 468 g/mol. The summed E-state index contributed by atoms with van der Waals surface area (Å²) in [6.45, 7) is 5.97. The third kappa shape index (κ3) is 4.32. The lowest BCUT2D eigenvalue weighted by Crippen LogP contribution is -2.46. The van der Waals surface area contributed by atoms with Gasteiger partial charge in [-0.3, -0.25) is 14.5 Å². The first-order chi connectivity index (χ1) is 16.6. The van der Waals surface area contributed by atoms with E-state index in [1.165, 1.54) is 15.3 Å². The van der Waals surface area contributed by atoms with Crippen LogP contribution in [0.2, 0.25) is 0 Å². The first-order valence-electron chi connectivity index (χ1n) is 11.8. The van der Waals surface area contributed by atoms with Crippen LogP contribution in [0.5, 0.6) is 0 Å². The molecule has 4 amide bonds. The third-order valence-electron chi connectivity index (χ3n) is 6.73. The number of sulfonamides is 1. The molecule has 2 aliphatic rings. The van der Waals surface area contributed by atoms with Crippen molar-refractivity contribution >= 4 is 33.6 Å². The standard InChI is InChI=1S/C25H30N4O5S/c1-4-27(5-2)35(33,34)20-13-14-21-18(16-20)10-9-15-28(21)22(30)17-29-23(31)25(3,26-24(29)32)19-11-7-6-8-12-19/h6-8,11-14,16H,4-5,9-10,15,17H2,1-3H3,(H,26,32). The van der Waals surface area contributed by atoms with Gasteiger partial charge in [-0.2, -0.15) is 4.31 Å². The summed E-state index contributed by atoms with van der Waals surface area (Å²) >= 11 is 0. The predicted molar refractivity (Wildman–Crippen MR) is 131 cm³/mol. The van der Waals surface area contributed by atoms with Crippen LogP contribution in [-0.4, -0.2) is 61.6 Å². The van der Waals surface area contributed by atoms with E-state index in [1.807, 2.05) is 6.07 Å². The molecule has 9 nitrogen and oxygen atoms in total. The SMILES string of the molecule is CCN(CC)S(=O)(=O)c1ccc2c(c1)CCCN2C(=O)CN1C(=O)NC(C)(c2ccccc2)C1=O. The van der Waals surface area contributed by atoms with Gasteiger partial charge in [-0.25, -0.2) is 13.2 Å². The lowest BCUT2D eigenvalue weighted by atomic mass is 9.92. The van der Waals surface area contributed by atoms with E-state index in [2.05, 4.69) is 5.32 Å². The highest BCUT2D eigenvalue weighted by atomic mass is 32.2. The van der Waals surface area contributed by atoms with E-state index in [-0.39, 0.29) is 4.90 Å². The van der Waals surface area contributed by atoms with Crippen LogP contribution in [0.1, 0.15) is 38.3 Å². The minimum absolute atomic E-state index is 0.196. The summed E-state index contributed by atoms with van der Waals surface area (Å²) in [5, 5.41) is 2.71. The minimum Gasteiger partial charge on any atom is -0.319 e. The lowest BCUT2D eigenvalue weighted by molar-refractivity contribution is -0.134. The molecule has 1 saturated heterocycles. The van der Waals surface area contributed by atoms with Crippen molar-refractivity contribution in [3.63, 3.8) is 0 Å². The lowest BCUT2D eigenvalue weighted by Gasteiger charge is -2.31. The Morgan fingerprint density at radius 3 is 2.43 bits per heavy atom. The van der Waals surface area contributed by atoms with Gasteiger partial charge in [0, 0.05) is 25.3 Å². The van der Waals surface area contributed by atoms with Crippen LogP contribution in [0, 0.1) is 0 Å². The first kappa shape index (κ1) is 24.9. The maximum Gasteiger partial charge on any atom is 0.325 e. The van der Waals surface area contributed by atoms with Crippen LogP contribution < -0.4 is 10.2 Å². The van der Waals surface area contributed by atoms with Crippen molar-refractivity contribution in [3.05, 3.63) is 59.7 Å². The van der Waals surface area contributed by atoms with E-state index in [0.717, 1.165) is 10.5 Å². The van der Waals surface area contributed by atoms with Crippen LogP contribution in [0.15, 0.2) is 53.4 Å². The van der Waals surface area contributed by atoms with Gasteiger partial charge in [-0.1, -0.05) is 44.2 Å². The summed E-state index contributed by atoms with van der Waals surface area (Å²) in [7, 11) is -3.62. The number of amides is 4. The number of rotatable bonds is 7. The molecule has 2 aromatic rings. The largest absolute Gasteiger partial charge is 0.325 e. The van der Waals surface area contributed by atoms with E-state index < -0.39 is 40.0 Å². The number of urea groups is 1. The van der Waals surface area contributed by atoms with Crippen molar-refractivity contribution < 1.29 is 22.8 Å². The molecule has 0 spiro atoms.